The second-order valence-corrected chi connectivity index (χ2v) is 9.20. The summed E-state index contributed by atoms with van der Waals surface area (Å²) in [6.45, 7) is 3.83. The number of nitrogens with one attached hydrogen (secondary N) is 2. The number of rotatable bonds is 7. The predicted molar refractivity (Wildman–Crippen MR) is 137 cm³/mol. The van der Waals surface area contributed by atoms with Gasteiger partial charge < -0.3 is 20.5 Å². The molecule has 1 heterocycles. The van der Waals surface area contributed by atoms with E-state index in [1.807, 2.05) is 25.1 Å². The summed E-state index contributed by atoms with van der Waals surface area (Å²) in [6.07, 6.45) is -2.36. The summed E-state index contributed by atoms with van der Waals surface area (Å²) in [5.41, 5.74) is 6.90. The van der Waals surface area contributed by atoms with Crippen LogP contribution in [0.4, 0.5) is 13.2 Å². The van der Waals surface area contributed by atoms with Crippen molar-refractivity contribution in [2.24, 2.45) is 5.92 Å². The maximum Gasteiger partial charge on any atom is 0.490 e. The number of carbonyl (C=O) groups is 2. The van der Waals surface area contributed by atoms with E-state index in [1.165, 1.54) is 24.0 Å². The summed E-state index contributed by atoms with van der Waals surface area (Å²) in [5.74, 6) is -2.15. The first kappa shape index (κ1) is 26.9. The van der Waals surface area contributed by atoms with Crippen molar-refractivity contribution in [3.8, 4) is 22.3 Å². The van der Waals surface area contributed by atoms with Gasteiger partial charge >= 0.3 is 18.1 Å². The van der Waals surface area contributed by atoms with Crippen molar-refractivity contribution in [1.29, 1.82) is 0 Å². The van der Waals surface area contributed by atoms with Crippen LogP contribution in [-0.2, 0) is 11.3 Å². The van der Waals surface area contributed by atoms with Gasteiger partial charge in [-0.15, -0.1) is 0 Å². The Balaban J connectivity index is 0.000000426. The van der Waals surface area contributed by atoms with Gasteiger partial charge in [-0.2, -0.15) is 13.2 Å². The summed E-state index contributed by atoms with van der Waals surface area (Å²) in [5, 5.41) is 20.3. The molecule has 10 heteroatoms. The Kier molecular flexibility index (Phi) is 7.82. The number of aromatic amines is 1. The van der Waals surface area contributed by atoms with E-state index in [9.17, 15) is 23.1 Å². The molecule has 0 atom stereocenters. The molecule has 0 saturated heterocycles. The number of aryl methyl sites for hydroxylation is 1. The fourth-order valence-electron chi connectivity index (χ4n) is 4.03. The molecule has 3 aromatic carbocycles. The lowest BCUT2D eigenvalue weighted by Gasteiger charge is -2.09. The molecule has 7 nitrogen and oxygen atoms in total. The molecule has 4 aromatic rings. The van der Waals surface area contributed by atoms with Gasteiger partial charge in [0.2, 0.25) is 0 Å². The zero-order chi connectivity index (χ0) is 27.4. The van der Waals surface area contributed by atoms with Crippen molar-refractivity contribution in [2.75, 3.05) is 6.54 Å². The van der Waals surface area contributed by atoms with Crippen LogP contribution in [0.25, 0.3) is 33.3 Å². The van der Waals surface area contributed by atoms with Gasteiger partial charge in [0.05, 0.1) is 11.1 Å². The van der Waals surface area contributed by atoms with E-state index in [0.717, 1.165) is 41.2 Å². The van der Waals surface area contributed by atoms with Gasteiger partial charge in [0, 0.05) is 6.54 Å². The molecule has 0 bridgehead atoms. The normalized spacial score (nSPS) is 13.2. The number of H-pyrrole nitrogens is 1. The quantitative estimate of drug-likeness (QED) is 0.234. The molecule has 5 rings (SSSR count). The predicted octanol–water partition coefficient (Wildman–Crippen LogP) is 6.04. The Bertz CT molecular complexity index is 1460. The first-order valence-electron chi connectivity index (χ1n) is 12.0. The third kappa shape index (κ3) is 6.77. The third-order valence-electron chi connectivity index (χ3n) is 6.12. The highest BCUT2D eigenvalue weighted by Crippen LogP contribution is 2.30. The van der Waals surface area contributed by atoms with Gasteiger partial charge in [-0.3, -0.25) is 0 Å². The smallest absolute Gasteiger partial charge is 0.478 e. The SMILES string of the molecule is Cc1nc2c(C(=O)O)cc(-c3ccc(-c4cccc(CNCC5CC5)c4)cc3)cc2[nH]1.O=C(O)C(F)(F)F. The molecule has 4 N–H and O–H groups in total. The first-order valence-corrected chi connectivity index (χ1v) is 12.0. The molecule has 1 aromatic heterocycles. The van der Waals surface area contributed by atoms with Crippen molar-refractivity contribution in [2.45, 2.75) is 32.5 Å². The molecular formula is C28H26F3N3O4. The average molecular weight is 526 g/mol. The van der Waals surface area contributed by atoms with Crippen LogP contribution < -0.4 is 5.32 Å². The van der Waals surface area contributed by atoms with Crippen LogP contribution in [0.5, 0.6) is 0 Å². The van der Waals surface area contributed by atoms with Crippen LogP contribution in [0, 0.1) is 12.8 Å². The Labute approximate surface area is 216 Å². The molecule has 0 unspecified atom stereocenters. The number of carboxylic acid groups (broad SMARTS) is 2. The summed E-state index contributed by atoms with van der Waals surface area (Å²) < 4.78 is 31.7. The molecule has 198 valence electrons. The van der Waals surface area contributed by atoms with Gasteiger partial charge in [-0.25, -0.2) is 14.6 Å². The first-order chi connectivity index (χ1) is 18.0. The third-order valence-corrected chi connectivity index (χ3v) is 6.12. The summed E-state index contributed by atoms with van der Waals surface area (Å²) in [6, 6.07) is 20.6. The largest absolute Gasteiger partial charge is 0.490 e. The molecule has 0 amide bonds. The number of halogens is 3. The highest BCUT2D eigenvalue weighted by molar-refractivity contribution is 6.03. The number of hydrogen-bond acceptors (Lipinski definition) is 4. The molecule has 0 aliphatic heterocycles. The van der Waals surface area contributed by atoms with Crippen molar-refractivity contribution in [1.82, 2.24) is 15.3 Å². The molecule has 0 radical (unpaired) electrons. The van der Waals surface area contributed by atoms with Crippen LogP contribution in [0.3, 0.4) is 0 Å². The van der Waals surface area contributed by atoms with Crippen molar-refractivity contribution < 1.29 is 33.0 Å². The van der Waals surface area contributed by atoms with E-state index < -0.39 is 18.1 Å². The monoisotopic (exact) mass is 525 g/mol. The van der Waals surface area contributed by atoms with Crippen LogP contribution in [-0.4, -0.2) is 44.8 Å². The standard InChI is InChI=1S/C26H25N3O2.C2HF3O2/c1-16-28-24-13-22(12-23(26(30)31)25(24)29-16)20-9-7-19(8-10-20)21-4-2-3-18(11-21)15-27-14-17-5-6-17;3-2(4,5)1(6)7/h2-4,7-13,17,27H,5-6,14-15H2,1H3,(H,28,29)(H,30,31);(H,6,7). The highest BCUT2D eigenvalue weighted by Gasteiger charge is 2.38. The van der Waals surface area contributed by atoms with Crippen LogP contribution >= 0.6 is 0 Å². The number of nitrogens with zero attached hydrogens (tertiary/aromatic N) is 1. The number of fused-ring (bicyclic) bond motifs is 1. The number of benzene rings is 3. The number of aliphatic carboxylic acids is 1. The van der Waals surface area contributed by atoms with Gasteiger partial charge in [-0.05, 0) is 78.2 Å². The maximum absolute atomic E-state index is 11.7. The Morgan fingerprint density at radius 3 is 2.18 bits per heavy atom. The number of carboxylic acids is 2. The molecule has 1 aliphatic rings. The lowest BCUT2D eigenvalue weighted by Crippen LogP contribution is -2.21. The minimum Gasteiger partial charge on any atom is -0.478 e. The topological polar surface area (TPSA) is 115 Å². The highest BCUT2D eigenvalue weighted by atomic mass is 19.4. The summed E-state index contributed by atoms with van der Waals surface area (Å²) in [4.78, 5) is 28.1. The van der Waals surface area contributed by atoms with Crippen LogP contribution in [0.1, 0.15) is 34.6 Å². The van der Waals surface area contributed by atoms with Crippen LogP contribution in [0.15, 0.2) is 60.7 Å². The zero-order valence-electron chi connectivity index (χ0n) is 20.5. The molecule has 1 fully saturated rings. The van der Waals surface area contributed by atoms with Gasteiger partial charge in [0.25, 0.3) is 0 Å². The number of imidazole rings is 1. The second kappa shape index (κ2) is 11.1. The second-order valence-electron chi connectivity index (χ2n) is 9.20. The average Bonchev–Trinajstić information content (AvgIpc) is 3.61. The number of hydrogen-bond donors (Lipinski definition) is 4. The van der Waals surface area contributed by atoms with Gasteiger partial charge in [-0.1, -0.05) is 42.5 Å². The lowest BCUT2D eigenvalue weighted by molar-refractivity contribution is -0.192. The van der Waals surface area contributed by atoms with Gasteiger partial charge in [0.15, 0.2) is 0 Å². The van der Waals surface area contributed by atoms with Crippen molar-refractivity contribution >= 4 is 23.0 Å². The summed E-state index contributed by atoms with van der Waals surface area (Å²) >= 11 is 0. The Morgan fingerprint density at radius 1 is 0.974 bits per heavy atom. The summed E-state index contributed by atoms with van der Waals surface area (Å²) in [7, 11) is 0. The molecule has 1 saturated carbocycles. The number of alkyl halides is 3. The van der Waals surface area contributed by atoms with E-state index in [0.29, 0.717) is 11.3 Å². The van der Waals surface area contributed by atoms with Crippen LogP contribution in [0.2, 0.25) is 0 Å². The number of aromatic nitrogens is 2. The van der Waals surface area contributed by atoms with E-state index in [4.69, 9.17) is 9.90 Å². The zero-order valence-corrected chi connectivity index (χ0v) is 20.5. The minimum absolute atomic E-state index is 0.215. The molecule has 0 spiro atoms. The van der Waals surface area contributed by atoms with E-state index in [1.54, 1.807) is 6.07 Å². The fourth-order valence-corrected chi connectivity index (χ4v) is 4.03. The molecular weight excluding hydrogens is 499 g/mol. The Morgan fingerprint density at radius 2 is 1.61 bits per heavy atom. The van der Waals surface area contributed by atoms with E-state index in [-0.39, 0.29) is 5.56 Å². The Hall–Kier alpha value is -4.18. The fraction of sp³-hybridized carbons (Fsp3) is 0.250. The van der Waals surface area contributed by atoms with E-state index in [2.05, 4.69) is 51.7 Å². The molecule has 38 heavy (non-hydrogen) atoms. The number of aromatic carboxylic acids is 1. The molecule has 1 aliphatic carbocycles. The van der Waals surface area contributed by atoms with Crippen molar-refractivity contribution in [3.63, 3.8) is 0 Å². The maximum atomic E-state index is 11.7. The lowest BCUT2D eigenvalue weighted by atomic mass is 9.97. The van der Waals surface area contributed by atoms with E-state index >= 15 is 0 Å². The minimum atomic E-state index is -5.08. The van der Waals surface area contributed by atoms with Gasteiger partial charge in [0.1, 0.15) is 11.3 Å². The van der Waals surface area contributed by atoms with Crippen molar-refractivity contribution in [3.05, 3.63) is 77.6 Å².